The summed E-state index contributed by atoms with van der Waals surface area (Å²) in [6.45, 7) is -0.388. The molecular formula is C14H9N3O3. The molecule has 0 saturated carbocycles. The van der Waals surface area contributed by atoms with E-state index in [0.717, 1.165) is 0 Å². The van der Waals surface area contributed by atoms with Gasteiger partial charge in [-0.1, -0.05) is 0 Å². The highest BCUT2D eigenvalue weighted by Crippen LogP contribution is 2.03. The Morgan fingerprint density at radius 1 is 1.20 bits per heavy atom. The van der Waals surface area contributed by atoms with Crippen molar-refractivity contribution in [2.24, 2.45) is 0 Å². The van der Waals surface area contributed by atoms with E-state index in [-0.39, 0.29) is 29.2 Å². The number of rotatable bonds is 4. The lowest BCUT2D eigenvalue weighted by Crippen LogP contribution is -2.14. The molecule has 0 bridgehead atoms. The zero-order valence-electron chi connectivity index (χ0n) is 10.3. The predicted octanol–water partition coefficient (Wildman–Crippen LogP) is 1.39. The van der Waals surface area contributed by atoms with Gasteiger partial charge in [0.1, 0.15) is 11.8 Å². The minimum atomic E-state index is -0.618. The molecule has 98 valence electrons. The smallest absolute Gasteiger partial charge is 0.340 e. The molecule has 0 saturated heterocycles. The summed E-state index contributed by atoms with van der Waals surface area (Å²) in [5, 5.41) is 8.60. The van der Waals surface area contributed by atoms with E-state index in [1.54, 1.807) is 12.1 Å². The Morgan fingerprint density at radius 3 is 2.65 bits per heavy atom. The Hall–Kier alpha value is -3.07. The molecule has 2 aromatic rings. The summed E-state index contributed by atoms with van der Waals surface area (Å²) in [5.41, 5.74) is 0.773. The average molecular weight is 267 g/mol. The molecule has 0 N–H and O–H groups in total. The van der Waals surface area contributed by atoms with Gasteiger partial charge in [0, 0.05) is 24.2 Å². The van der Waals surface area contributed by atoms with Crippen LogP contribution in [0, 0.1) is 11.3 Å². The number of nitriles is 1. The van der Waals surface area contributed by atoms with E-state index in [4.69, 9.17) is 10.00 Å². The molecule has 0 fully saturated rings. The van der Waals surface area contributed by atoms with Crippen molar-refractivity contribution in [3.8, 4) is 6.07 Å². The van der Waals surface area contributed by atoms with Crippen LogP contribution in [-0.4, -0.2) is 28.3 Å². The third-order valence-corrected chi connectivity index (χ3v) is 2.43. The van der Waals surface area contributed by atoms with Crippen molar-refractivity contribution in [2.75, 3.05) is 6.61 Å². The van der Waals surface area contributed by atoms with Crippen LogP contribution in [0.15, 0.2) is 42.9 Å². The molecule has 0 aliphatic carbocycles. The van der Waals surface area contributed by atoms with Crippen molar-refractivity contribution in [1.29, 1.82) is 5.26 Å². The lowest BCUT2D eigenvalue weighted by Gasteiger charge is -2.03. The molecule has 2 aromatic heterocycles. The van der Waals surface area contributed by atoms with Crippen LogP contribution in [0.3, 0.4) is 0 Å². The summed E-state index contributed by atoms with van der Waals surface area (Å²) in [5.74, 6) is -1.01. The Balaban J connectivity index is 1.95. The highest BCUT2D eigenvalue weighted by atomic mass is 16.5. The molecule has 0 aromatic carbocycles. The molecule has 6 heteroatoms. The Bertz CT molecular complexity index is 660. The van der Waals surface area contributed by atoms with Crippen LogP contribution in [-0.2, 0) is 4.74 Å². The van der Waals surface area contributed by atoms with Gasteiger partial charge < -0.3 is 4.74 Å². The maximum absolute atomic E-state index is 11.8. The van der Waals surface area contributed by atoms with Crippen LogP contribution >= 0.6 is 0 Å². The number of carbonyl (C=O) groups is 2. The number of esters is 1. The van der Waals surface area contributed by atoms with Gasteiger partial charge in [-0.15, -0.1) is 0 Å². The zero-order valence-corrected chi connectivity index (χ0v) is 10.3. The molecule has 0 unspecified atom stereocenters. The second-order valence-corrected chi connectivity index (χ2v) is 3.78. The first-order valence-electron chi connectivity index (χ1n) is 5.67. The van der Waals surface area contributed by atoms with Crippen LogP contribution in [0.1, 0.15) is 26.4 Å². The third-order valence-electron chi connectivity index (χ3n) is 2.43. The van der Waals surface area contributed by atoms with Gasteiger partial charge in [0.15, 0.2) is 6.61 Å². The molecular weight excluding hydrogens is 258 g/mol. The molecule has 20 heavy (non-hydrogen) atoms. The van der Waals surface area contributed by atoms with Gasteiger partial charge in [0.05, 0.1) is 5.56 Å². The number of ketones is 1. The first kappa shape index (κ1) is 13.4. The highest BCUT2D eigenvalue weighted by Gasteiger charge is 2.12. The molecule has 0 aliphatic rings. The fourth-order valence-corrected chi connectivity index (χ4v) is 1.41. The molecule has 0 radical (unpaired) electrons. The minimum Gasteiger partial charge on any atom is -0.454 e. The normalized spacial score (nSPS) is 9.55. The predicted molar refractivity (Wildman–Crippen MR) is 67.8 cm³/mol. The molecule has 2 rings (SSSR count). The highest BCUT2D eigenvalue weighted by molar-refractivity contribution is 5.99. The molecule has 2 heterocycles. The van der Waals surface area contributed by atoms with Crippen molar-refractivity contribution in [1.82, 2.24) is 9.97 Å². The second kappa shape index (κ2) is 6.20. The van der Waals surface area contributed by atoms with Gasteiger partial charge in [-0.25, -0.2) is 9.78 Å². The SMILES string of the molecule is N#Cc1ccc(C(=O)COC(=O)c2cccnc2)cn1. The monoisotopic (exact) mass is 267 g/mol. The van der Waals surface area contributed by atoms with E-state index in [1.807, 2.05) is 6.07 Å². The van der Waals surface area contributed by atoms with E-state index in [0.29, 0.717) is 0 Å². The first-order chi connectivity index (χ1) is 9.70. The van der Waals surface area contributed by atoms with Gasteiger partial charge in [-0.2, -0.15) is 5.26 Å². The van der Waals surface area contributed by atoms with Crippen molar-refractivity contribution in [2.45, 2.75) is 0 Å². The first-order valence-corrected chi connectivity index (χ1v) is 5.67. The number of ether oxygens (including phenoxy) is 1. The largest absolute Gasteiger partial charge is 0.454 e. The number of carbonyl (C=O) groups excluding carboxylic acids is 2. The van der Waals surface area contributed by atoms with Crippen molar-refractivity contribution >= 4 is 11.8 Å². The lowest BCUT2D eigenvalue weighted by molar-refractivity contribution is 0.0474. The van der Waals surface area contributed by atoms with E-state index < -0.39 is 5.97 Å². The third kappa shape index (κ3) is 3.23. The Kier molecular flexibility index (Phi) is 4.14. The average Bonchev–Trinajstić information content (AvgIpc) is 2.53. The van der Waals surface area contributed by atoms with Crippen LogP contribution < -0.4 is 0 Å². The maximum atomic E-state index is 11.8. The van der Waals surface area contributed by atoms with Crippen molar-refractivity contribution < 1.29 is 14.3 Å². The summed E-state index contributed by atoms with van der Waals surface area (Å²) in [7, 11) is 0. The number of hydrogen-bond acceptors (Lipinski definition) is 6. The second-order valence-electron chi connectivity index (χ2n) is 3.78. The van der Waals surface area contributed by atoms with Gasteiger partial charge in [-0.3, -0.25) is 9.78 Å². The summed E-state index contributed by atoms with van der Waals surface area (Å²) >= 11 is 0. The quantitative estimate of drug-likeness (QED) is 0.613. The van der Waals surface area contributed by atoms with Gasteiger partial charge in [-0.05, 0) is 24.3 Å². The lowest BCUT2D eigenvalue weighted by atomic mass is 10.2. The number of nitrogens with zero attached hydrogens (tertiary/aromatic N) is 3. The van der Waals surface area contributed by atoms with Crippen LogP contribution in [0.25, 0.3) is 0 Å². The number of hydrogen-bond donors (Lipinski definition) is 0. The fourth-order valence-electron chi connectivity index (χ4n) is 1.41. The molecule has 0 aliphatic heterocycles. The summed E-state index contributed by atoms with van der Waals surface area (Å²) in [6, 6.07) is 7.89. The standard InChI is InChI=1S/C14H9N3O3/c15-6-12-4-3-10(8-17-12)13(18)9-20-14(19)11-2-1-5-16-7-11/h1-5,7-8H,9H2. The van der Waals surface area contributed by atoms with Gasteiger partial charge >= 0.3 is 5.97 Å². The number of Topliss-reactive ketones (excluding diaryl/α,β-unsaturated/α-hetero) is 1. The van der Waals surface area contributed by atoms with Crippen LogP contribution in [0.4, 0.5) is 0 Å². The maximum Gasteiger partial charge on any atom is 0.340 e. The van der Waals surface area contributed by atoms with Crippen molar-refractivity contribution in [3.63, 3.8) is 0 Å². The van der Waals surface area contributed by atoms with E-state index in [2.05, 4.69) is 9.97 Å². The topological polar surface area (TPSA) is 92.9 Å². The minimum absolute atomic E-state index is 0.217. The summed E-state index contributed by atoms with van der Waals surface area (Å²) < 4.78 is 4.88. The van der Waals surface area contributed by atoms with Gasteiger partial charge in [0.2, 0.25) is 5.78 Å². The number of aromatic nitrogens is 2. The summed E-state index contributed by atoms with van der Waals surface area (Å²) in [6.07, 6.45) is 4.17. The van der Waals surface area contributed by atoms with E-state index in [1.165, 1.54) is 30.7 Å². The summed E-state index contributed by atoms with van der Waals surface area (Å²) in [4.78, 5) is 30.9. The number of pyridine rings is 2. The van der Waals surface area contributed by atoms with E-state index in [9.17, 15) is 9.59 Å². The molecule has 6 nitrogen and oxygen atoms in total. The Morgan fingerprint density at radius 2 is 2.05 bits per heavy atom. The molecule has 0 amide bonds. The van der Waals surface area contributed by atoms with Gasteiger partial charge in [0.25, 0.3) is 0 Å². The van der Waals surface area contributed by atoms with Crippen LogP contribution in [0.5, 0.6) is 0 Å². The molecule has 0 spiro atoms. The molecule has 0 atom stereocenters. The Labute approximate surface area is 114 Å². The van der Waals surface area contributed by atoms with E-state index >= 15 is 0 Å². The zero-order chi connectivity index (χ0) is 14.4. The fraction of sp³-hybridized carbons (Fsp3) is 0.0714. The van der Waals surface area contributed by atoms with Crippen LogP contribution in [0.2, 0.25) is 0 Å². The van der Waals surface area contributed by atoms with Crippen molar-refractivity contribution in [3.05, 3.63) is 59.7 Å².